The van der Waals surface area contributed by atoms with Crippen molar-refractivity contribution < 1.29 is 0 Å². The topological polar surface area (TPSA) is 15.3 Å². The monoisotopic (exact) mass is 288 g/mol. The first kappa shape index (κ1) is 11.2. The summed E-state index contributed by atoms with van der Waals surface area (Å²) >= 11 is 9.42. The zero-order chi connectivity index (χ0) is 10.8. The first-order chi connectivity index (χ1) is 7.16. The molecule has 0 saturated carbocycles. The van der Waals surface area contributed by atoms with Crippen molar-refractivity contribution in [1.82, 2.24) is 5.32 Å². The third kappa shape index (κ3) is 2.65. The van der Waals surface area contributed by atoms with Crippen LogP contribution in [-0.4, -0.2) is 25.7 Å². The maximum Gasteiger partial charge on any atom is 0.0549 e. The lowest BCUT2D eigenvalue weighted by atomic mass is 10.2. The Hall–Kier alpha value is -0.250. The number of nitrogens with zero attached hydrogens (tertiary/aromatic N) is 1. The highest BCUT2D eigenvalue weighted by molar-refractivity contribution is 9.10. The standard InChI is InChI=1S/C11H14BrClN2/c1-8-7-15(5-4-14-8)9-2-3-11(13)10(12)6-9/h2-3,6,8,14H,4-5,7H2,1H3. The molecule has 82 valence electrons. The normalized spacial score (nSPS) is 21.8. The van der Waals surface area contributed by atoms with Gasteiger partial charge >= 0.3 is 0 Å². The summed E-state index contributed by atoms with van der Waals surface area (Å²) in [6, 6.07) is 6.65. The number of anilines is 1. The smallest absolute Gasteiger partial charge is 0.0549 e. The van der Waals surface area contributed by atoms with E-state index in [2.05, 4.69) is 45.2 Å². The van der Waals surface area contributed by atoms with Crippen LogP contribution in [-0.2, 0) is 0 Å². The van der Waals surface area contributed by atoms with E-state index >= 15 is 0 Å². The summed E-state index contributed by atoms with van der Waals surface area (Å²) in [4.78, 5) is 2.38. The fourth-order valence-electron chi connectivity index (χ4n) is 1.85. The number of halogens is 2. The summed E-state index contributed by atoms with van der Waals surface area (Å²) in [5, 5.41) is 4.19. The van der Waals surface area contributed by atoms with E-state index in [1.54, 1.807) is 0 Å². The van der Waals surface area contributed by atoms with E-state index in [1.807, 2.05) is 6.07 Å². The van der Waals surface area contributed by atoms with E-state index in [1.165, 1.54) is 5.69 Å². The van der Waals surface area contributed by atoms with Gasteiger partial charge in [0.25, 0.3) is 0 Å². The van der Waals surface area contributed by atoms with Crippen LogP contribution < -0.4 is 10.2 Å². The quantitative estimate of drug-likeness (QED) is 0.855. The highest BCUT2D eigenvalue weighted by atomic mass is 79.9. The minimum atomic E-state index is 0.549. The van der Waals surface area contributed by atoms with Gasteiger partial charge in [0.1, 0.15) is 0 Å². The molecule has 2 rings (SSSR count). The zero-order valence-electron chi connectivity index (χ0n) is 8.63. The van der Waals surface area contributed by atoms with Crippen LogP contribution in [0.1, 0.15) is 6.92 Å². The molecule has 1 aliphatic rings. The second-order valence-corrected chi connectivity index (χ2v) is 5.16. The summed E-state index contributed by atoms with van der Waals surface area (Å²) in [6.07, 6.45) is 0. The molecular formula is C11H14BrClN2. The molecule has 0 amide bonds. The van der Waals surface area contributed by atoms with Crippen LogP contribution in [0.25, 0.3) is 0 Å². The molecule has 1 fully saturated rings. The average Bonchev–Trinajstić information content (AvgIpc) is 2.22. The predicted molar refractivity (Wildman–Crippen MR) is 68.8 cm³/mol. The van der Waals surface area contributed by atoms with Gasteiger partial charge in [-0.25, -0.2) is 0 Å². The Labute approximate surface area is 104 Å². The summed E-state index contributed by atoms with van der Waals surface area (Å²) in [5.74, 6) is 0. The molecule has 4 heteroatoms. The summed E-state index contributed by atoms with van der Waals surface area (Å²) in [6.45, 7) is 5.35. The van der Waals surface area contributed by atoms with Gasteiger partial charge in [-0.15, -0.1) is 0 Å². The lowest BCUT2D eigenvalue weighted by molar-refractivity contribution is 0.485. The number of piperazine rings is 1. The molecule has 1 heterocycles. The Morgan fingerprint density at radius 2 is 2.33 bits per heavy atom. The van der Waals surface area contributed by atoms with Crippen LogP contribution in [0, 0.1) is 0 Å². The first-order valence-electron chi connectivity index (χ1n) is 5.10. The summed E-state index contributed by atoms with van der Waals surface area (Å²) < 4.78 is 0.966. The van der Waals surface area contributed by atoms with Gasteiger partial charge in [-0.3, -0.25) is 0 Å². The number of hydrogen-bond donors (Lipinski definition) is 1. The fraction of sp³-hybridized carbons (Fsp3) is 0.455. The molecule has 1 aromatic rings. The second-order valence-electron chi connectivity index (χ2n) is 3.90. The van der Waals surface area contributed by atoms with E-state index in [0.29, 0.717) is 6.04 Å². The number of benzene rings is 1. The van der Waals surface area contributed by atoms with Crippen molar-refractivity contribution in [3.05, 3.63) is 27.7 Å². The molecule has 0 aromatic heterocycles. The van der Waals surface area contributed by atoms with Gasteiger partial charge in [0, 0.05) is 35.8 Å². The van der Waals surface area contributed by atoms with Gasteiger partial charge in [-0.2, -0.15) is 0 Å². The van der Waals surface area contributed by atoms with Gasteiger partial charge in [0.15, 0.2) is 0 Å². The van der Waals surface area contributed by atoms with Crippen LogP contribution in [0.3, 0.4) is 0 Å². The third-order valence-electron chi connectivity index (χ3n) is 2.64. The van der Waals surface area contributed by atoms with Gasteiger partial charge < -0.3 is 10.2 Å². The summed E-state index contributed by atoms with van der Waals surface area (Å²) in [7, 11) is 0. The van der Waals surface area contributed by atoms with E-state index < -0.39 is 0 Å². The van der Waals surface area contributed by atoms with Crippen molar-refractivity contribution in [2.24, 2.45) is 0 Å². The Balaban J connectivity index is 2.18. The van der Waals surface area contributed by atoms with Crippen molar-refractivity contribution >= 4 is 33.2 Å². The largest absolute Gasteiger partial charge is 0.369 e. The van der Waals surface area contributed by atoms with Crippen molar-refractivity contribution in [3.8, 4) is 0 Å². The van der Waals surface area contributed by atoms with Gasteiger partial charge in [0.05, 0.1) is 5.02 Å². The van der Waals surface area contributed by atoms with Crippen molar-refractivity contribution in [2.45, 2.75) is 13.0 Å². The van der Waals surface area contributed by atoms with Crippen LogP contribution in [0.4, 0.5) is 5.69 Å². The van der Waals surface area contributed by atoms with Crippen molar-refractivity contribution in [1.29, 1.82) is 0 Å². The minimum Gasteiger partial charge on any atom is -0.369 e. The number of nitrogens with one attached hydrogen (secondary N) is 1. The van der Waals surface area contributed by atoms with E-state index in [-0.39, 0.29) is 0 Å². The minimum absolute atomic E-state index is 0.549. The van der Waals surface area contributed by atoms with Crippen LogP contribution in [0.5, 0.6) is 0 Å². The molecule has 0 aliphatic carbocycles. The SMILES string of the molecule is CC1CN(c2ccc(Cl)c(Br)c2)CCN1. The lowest BCUT2D eigenvalue weighted by Gasteiger charge is -2.33. The molecule has 1 aliphatic heterocycles. The average molecular weight is 290 g/mol. The number of rotatable bonds is 1. The molecule has 15 heavy (non-hydrogen) atoms. The van der Waals surface area contributed by atoms with Crippen LogP contribution in [0.2, 0.25) is 5.02 Å². The Kier molecular flexibility index (Phi) is 3.54. The van der Waals surface area contributed by atoms with Crippen LogP contribution in [0.15, 0.2) is 22.7 Å². The summed E-state index contributed by atoms with van der Waals surface area (Å²) in [5.41, 5.74) is 1.24. The lowest BCUT2D eigenvalue weighted by Crippen LogP contribution is -2.49. The van der Waals surface area contributed by atoms with E-state index in [4.69, 9.17) is 11.6 Å². The Bertz CT molecular complexity index is 356. The van der Waals surface area contributed by atoms with Gasteiger partial charge in [-0.05, 0) is 41.1 Å². The molecule has 2 nitrogen and oxygen atoms in total. The molecule has 0 bridgehead atoms. The Morgan fingerprint density at radius 1 is 1.53 bits per heavy atom. The molecular weight excluding hydrogens is 275 g/mol. The molecule has 1 aromatic carbocycles. The van der Waals surface area contributed by atoms with E-state index in [0.717, 1.165) is 29.1 Å². The van der Waals surface area contributed by atoms with E-state index in [9.17, 15) is 0 Å². The van der Waals surface area contributed by atoms with Crippen molar-refractivity contribution in [3.63, 3.8) is 0 Å². The third-order valence-corrected chi connectivity index (χ3v) is 3.85. The van der Waals surface area contributed by atoms with Gasteiger partial charge in [-0.1, -0.05) is 11.6 Å². The van der Waals surface area contributed by atoms with Crippen LogP contribution >= 0.6 is 27.5 Å². The second kappa shape index (κ2) is 4.73. The fourth-order valence-corrected chi connectivity index (χ4v) is 2.33. The van der Waals surface area contributed by atoms with Gasteiger partial charge in [0.2, 0.25) is 0 Å². The van der Waals surface area contributed by atoms with Crippen molar-refractivity contribution in [2.75, 3.05) is 24.5 Å². The predicted octanol–water partition coefficient (Wildman–Crippen LogP) is 2.90. The first-order valence-corrected chi connectivity index (χ1v) is 6.27. The maximum atomic E-state index is 5.97. The maximum absolute atomic E-state index is 5.97. The zero-order valence-corrected chi connectivity index (χ0v) is 11.0. The Morgan fingerprint density at radius 3 is 3.00 bits per heavy atom. The molecule has 0 radical (unpaired) electrons. The molecule has 1 unspecified atom stereocenters. The molecule has 1 atom stereocenters. The molecule has 0 spiro atoms. The highest BCUT2D eigenvalue weighted by Gasteiger charge is 2.16. The highest BCUT2D eigenvalue weighted by Crippen LogP contribution is 2.27. The molecule has 1 saturated heterocycles. The number of hydrogen-bond acceptors (Lipinski definition) is 2. The molecule has 1 N–H and O–H groups in total.